The van der Waals surface area contributed by atoms with Crippen molar-refractivity contribution in [2.75, 3.05) is 17.6 Å². The summed E-state index contributed by atoms with van der Waals surface area (Å²) < 4.78 is 0. The first-order valence-corrected chi connectivity index (χ1v) is 14.3. The Morgan fingerprint density at radius 3 is 2.66 bits per heavy atom. The number of hydrogen-bond donors (Lipinski definition) is 2. The van der Waals surface area contributed by atoms with Crippen LogP contribution in [0.4, 0.5) is 5.69 Å². The summed E-state index contributed by atoms with van der Waals surface area (Å²) in [5, 5.41) is 7.80. The summed E-state index contributed by atoms with van der Waals surface area (Å²) in [6, 6.07) is 25.5. The summed E-state index contributed by atoms with van der Waals surface area (Å²) in [5.41, 5.74) is 5.87. The van der Waals surface area contributed by atoms with Crippen LogP contribution >= 0.6 is 23.4 Å². The zero-order chi connectivity index (χ0) is 23.8. The molecule has 1 heterocycles. The minimum atomic E-state index is 0.0241. The fourth-order valence-electron chi connectivity index (χ4n) is 6.75. The standard InChI is InChI=1S/C30H31ClN2OS/c31-25-9-5-4-8-23(25)18-35-15-14-32-30(34)22-12-13-26-24(17-22)27-20-10-11-21(16-20)28(27)29(33-26)19-6-2-1-3-7-19/h1-9,12-13,17,20-21,27-29,33H,10-11,14-16,18H2,(H,32,34)/t20-,21-,27-,28+,29+/m0/s1. The van der Waals surface area contributed by atoms with Crippen LogP contribution in [0.25, 0.3) is 0 Å². The summed E-state index contributed by atoms with van der Waals surface area (Å²) >= 11 is 8.03. The van der Waals surface area contributed by atoms with Gasteiger partial charge in [-0.1, -0.05) is 60.1 Å². The van der Waals surface area contributed by atoms with E-state index in [1.807, 2.05) is 24.3 Å². The highest BCUT2D eigenvalue weighted by atomic mass is 35.5. The second kappa shape index (κ2) is 9.91. The largest absolute Gasteiger partial charge is 0.378 e. The molecule has 35 heavy (non-hydrogen) atoms. The molecule has 3 aromatic carbocycles. The Labute approximate surface area is 217 Å². The van der Waals surface area contributed by atoms with Gasteiger partial charge in [0, 0.05) is 34.3 Å². The van der Waals surface area contributed by atoms with Crippen molar-refractivity contribution >= 4 is 35.0 Å². The molecule has 5 atom stereocenters. The lowest BCUT2D eigenvalue weighted by Crippen LogP contribution is -2.35. The Bertz CT molecular complexity index is 1220. The highest BCUT2D eigenvalue weighted by Crippen LogP contribution is 2.63. The van der Waals surface area contributed by atoms with Gasteiger partial charge in [-0.25, -0.2) is 0 Å². The van der Waals surface area contributed by atoms with E-state index in [-0.39, 0.29) is 5.91 Å². The van der Waals surface area contributed by atoms with Gasteiger partial charge in [-0.05, 0) is 83.9 Å². The second-order valence-corrected chi connectivity index (χ2v) is 11.7. The van der Waals surface area contributed by atoms with E-state index in [1.165, 1.54) is 36.1 Å². The first-order valence-electron chi connectivity index (χ1n) is 12.7. The number of hydrogen-bond acceptors (Lipinski definition) is 3. The molecular formula is C30H31ClN2OS. The third-order valence-corrected chi connectivity index (χ3v) is 9.63. The third kappa shape index (κ3) is 4.47. The van der Waals surface area contributed by atoms with Crippen LogP contribution in [0.5, 0.6) is 0 Å². The summed E-state index contributed by atoms with van der Waals surface area (Å²) in [5.74, 6) is 4.43. The average molecular weight is 503 g/mol. The maximum atomic E-state index is 13.0. The Morgan fingerprint density at radius 2 is 1.80 bits per heavy atom. The number of thioether (sulfide) groups is 1. The number of nitrogens with one attached hydrogen (secondary N) is 2. The van der Waals surface area contributed by atoms with E-state index in [0.29, 0.717) is 24.4 Å². The number of amides is 1. The van der Waals surface area contributed by atoms with Gasteiger partial charge in [0.15, 0.2) is 0 Å². The predicted octanol–water partition coefficient (Wildman–Crippen LogP) is 7.30. The molecule has 3 nitrogen and oxygen atoms in total. The number of halogens is 1. The minimum Gasteiger partial charge on any atom is -0.378 e. The van der Waals surface area contributed by atoms with E-state index < -0.39 is 0 Å². The lowest BCUT2D eigenvalue weighted by atomic mass is 9.68. The highest BCUT2D eigenvalue weighted by molar-refractivity contribution is 7.98. The van der Waals surface area contributed by atoms with Gasteiger partial charge in [0.25, 0.3) is 5.91 Å². The molecule has 2 fully saturated rings. The van der Waals surface area contributed by atoms with Crippen molar-refractivity contribution in [3.05, 3.63) is 100 Å². The number of carbonyl (C=O) groups is 1. The van der Waals surface area contributed by atoms with Crippen LogP contribution in [0.2, 0.25) is 5.02 Å². The first-order chi connectivity index (χ1) is 17.2. The molecule has 1 amide bonds. The molecule has 0 unspecified atom stereocenters. The van der Waals surface area contributed by atoms with E-state index in [0.717, 1.165) is 39.5 Å². The Balaban J connectivity index is 1.14. The Hall–Kier alpha value is -2.43. The molecule has 2 aliphatic carbocycles. The zero-order valence-corrected chi connectivity index (χ0v) is 21.3. The molecule has 2 N–H and O–H groups in total. The topological polar surface area (TPSA) is 41.1 Å². The number of anilines is 1. The summed E-state index contributed by atoms with van der Waals surface area (Å²) in [7, 11) is 0. The van der Waals surface area contributed by atoms with E-state index in [1.54, 1.807) is 11.8 Å². The summed E-state index contributed by atoms with van der Waals surface area (Å²) in [6.07, 6.45) is 4.00. The third-order valence-electron chi connectivity index (χ3n) is 8.26. The van der Waals surface area contributed by atoms with Crippen LogP contribution in [0, 0.1) is 17.8 Å². The Kier molecular flexibility index (Phi) is 6.51. The number of carbonyl (C=O) groups excluding carboxylic acids is 1. The van der Waals surface area contributed by atoms with Crippen LogP contribution in [0.3, 0.4) is 0 Å². The molecular weight excluding hydrogens is 472 g/mol. The van der Waals surface area contributed by atoms with Gasteiger partial charge < -0.3 is 10.6 Å². The maximum absolute atomic E-state index is 13.0. The Morgan fingerprint density at radius 1 is 1.00 bits per heavy atom. The molecule has 2 bridgehead atoms. The van der Waals surface area contributed by atoms with Gasteiger partial charge in [-0.15, -0.1) is 0 Å². The van der Waals surface area contributed by atoms with Crippen molar-refractivity contribution < 1.29 is 4.79 Å². The van der Waals surface area contributed by atoms with Crippen molar-refractivity contribution in [1.29, 1.82) is 0 Å². The van der Waals surface area contributed by atoms with Crippen molar-refractivity contribution in [1.82, 2.24) is 5.32 Å². The monoisotopic (exact) mass is 502 g/mol. The molecule has 3 aliphatic rings. The first kappa shape index (κ1) is 23.0. The summed E-state index contributed by atoms with van der Waals surface area (Å²) in [6.45, 7) is 0.649. The van der Waals surface area contributed by atoms with Gasteiger partial charge in [-0.2, -0.15) is 11.8 Å². The van der Waals surface area contributed by atoms with Gasteiger partial charge in [-0.3, -0.25) is 4.79 Å². The SMILES string of the molecule is O=C(NCCSCc1ccccc1Cl)c1ccc2c(c1)[C@@H]1[C@H]3CC[C@@H](C3)[C@H]1[C@@H](c1ccccc1)N2. The van der Waals surface area contributed by atoms with Crippen molar-refractivity contribution in [2.45, 2.75) is 37.0 Å². The van der Waals surface area contributed by atoms with Gasteiger partial charge >= 0.3 is 0 Å². The van der Waals surface area contributed by atoms with E-state index >= 15 is 0 Å². The molecule has 5 heteroatoms. The van der Waals surface area contributed by atoms with Crippen molar-refractivity contribution in [3.63, 3.8) is 0 Å². The van der Waals surface area contributed by atoms with Gasteiger partial charge in [0.2, 0.25) is 0 Å². The van der Waals surface area contributed by atoms with Crippen LogP contribution in [0.15, 0.2) is 72.8 Å². The van der Waals surface area contributed by atoms with Gasteiger partial charge in [0.1, 0.15) is 0 Å². The van der Waals surface area contributed by atoms with Crippen LogP contribution in [0.1, 0.15) is 58.3 Å². The molecule has 6 rings (SSSR count). The van der Waals surface area contributed by atoms with E-state index in [4.69, 9.17) is 11.6 Å². The van der Waals surface area contributed by atoms with Crippen LogP contribution < -0.4 is 10.6 Å². The number of rotatable bonds is 7. The fourth-order valence-corrected chi connectivity index (χ4v) is 7.90. The van der Waals surface area contributed by atoms with E-state index in [2.05, 4.69) is 59.2 Å². The van der Waals surface area contributed by atoms with Crippen molar-refractivity contribution in [3.8, 4) is 0 Å². The van der Waals surface area contributed by atoms with Crippen LogP contribution in [-0.4, -0.2) is 18.2 Å². The lowest BCUT2D eigenvalue weighted by Gasteiger charge is -2.43. The number of fused-ring (bicyclic) bond motifs is 7. The zero-order valence-electron chi connectivity index (χ0n) is 19.8. The van der Waals surface area contributed by atoms with Gasteiger partial charge in [0.05, 0.1) is 6.04 Å². The summed E-state index contributed by atoms with van der Waals surface area (Å²) in [4.78, 5) is 13.0. The van der Waals surface area contributed by atoms with Crippen molar-refractivity contribution in [2.24, 2.45) is 17.8 Å². The van der Waals surface area contributed by atoms with E-state index in [9.17, 15) is 4.79 Å². The molecule has 0 saturated heterocycles. The molecule has 180 valence electrons. The average Bonchev–Trinajstić information content (AvgIpc) is 3.52. The highest BCUT2D eigenvalue weighted by Gasteiger charge is 2.53. The molecule has 1 aliphatic heterocycles. The molecule has 3 aromatic rings. The predicted molar refractivity (Wildman–Crippen MR) is 146 cm³/mol. The molecule has 0 radical (unpaired) electrons. The number of benzene rings is 3. The smallest absolute Gasteiger partial charge is 0.251 e. The van der Waals surface area contributed by atoms with Crippen LogP contribution in [-0.2, 0) is 5.75 Å². The minimum absolute atomic E-state index is 0.0241. The molecule has 0 aromatic heterocycles. The lowest BCUT2D eigenvalue weighted by molar-refractivity contribution is 0.0956. The maximum Gasteiger partial charge on any atom is 0.251 e. The quantitative estimate of drug-likeness (QED) is 0.333. The second-order valence-electron chi connectivity index (χ2n) is 10.2. The molecule has 0 spiro atoms. The molecule has 2 saturated carbocycles. The normalized spacial score (nSPS) is 26.0. The fraction of sp³-hybridized carbons (Fsp3) is 0.367.